The third kappa shape index (κ3) is 4.14. The van der Waals surface area contributed by atoms with Gasteiger partial charge < -0.3 is 15.4 Å². The lowest BCUT2D eigenvalue weighted by Crippen LogP contribution is -2.14. The number of anilines is 3. The Balaban J connectivity index is 1.77. The first kappa shape index (κ1) is 16.5. The smallest absolute Gasteiger partial charge is 0.274 e. The fourth-order valence-electron chi connectivity index (χ4n) is 2.46. The third-order valence-corrected chi connectivity index (χ3v) is 3.65. The van der Waals surface area contributed by atoms with E-state index >= 15 is 0 Å². The Labute approximate surface area is 146 Å². The maximum Gasteiger partial charge on any atom is 0.274 e. The lowest BCUT2D eigenvalue weighted by molar-refractivity contribution is 0.102. The molecule has 0 radical (unpaired) electrons. The topological polar surface area (TPSA) is 63.2 Å². The van der Waals surface area contributed by atoms with Crippen LogP contribution in [0.15, 0.2) is 66.9 Å². The van der Waals surface area contributed by atoms with Crippen molar-refractivity contribution < 1.29 is 9.53 Å². The van der Waals surface area contributed by atoms with Gasteiger partial charge in [-0.2, -0.15) is 0 Å². The van der Waals surface area contributed by atoms with Gasteiger partial charge in [-0.1, -0.05) is 24.3 Å². The highest BCUT2D eigenvalue weighted by molar-refractivity contribution is 6.04. The molecule has 0 spiro atoms. The van der Waals surface area contributed by atoms with Gasteiger partial charge in [0.2, 0.25) is 0 Å². The number of aromatic nitrogens is 1. The second-order valence-electron chi connectivity index (χ2n) is 5.58. The van der Waals surface area contributed by atoms with Crippen LogP contribution < -0.4 is 15.4 Å². The second kappa shape index (κ2) is 7.49. The number of methoxy groups -OCH3 is 1. The number of pyridine rings is 1. The highest BCUT2D eigenvalue weighted by Gasteiger charge is 2.11. The van der Waals surface area contributed by atoms with Gasteiger partial charge >= 0.3 is 0 Å². The number of nitrogens with one attached hydrogen (secondary N) is 2. The lowest BCUT2D eigenvalue weighted by Gasteiger charge is -2.11. The summed E-state index contributed by atoms with van der Waals surface area (Å²) in [6.45, 7) is 2.03. The quantitative estimate of drug-likeness (QED) is 0.727. The van der Waals surface area contributed by atoms with Gasteiger partial charge in [0.1, 0.15) is 11.4 Å². The number of hydrogen-bond donors (Lipinski definition) is 2. The molecule has 25 heavy (non-hydrogen) atoms. The van der Waals surface area contributed by atoms with Gasteiger partial charge in [-0.25, -0.2) is 0 Å². The molecule has 0 bridgehead atoms. The fraction of sp³-hybridized carbons (Fsp3) is 0.100. The molecule has 3 rings (SSSR count). The minimum Gasteiger partial charge on any atom is -0.495 e. The number of hydrogen-bond acceptors (Lipinski definition) is 4. The van der Waals surface area contributed by atoms with Crippen LogP contribution in [0.3, 0.4) is 0 Å². The largest absolute Gasteiger partial charge is 0.495 e. The van der Waals surface area contributed by atoms with E-state index in [2.05, 4.69) is 15.6 Å². The Morgan fingerprint density at radius 3 is 2.60 bits per heavy atom. The number of rotatable bonds is 5. The first-order valence-corrected chi connectivity index (χ1v) is 7.90. The molecular formula is C20H19N3O2. The SMILES string of the molecule is COc1ccccc1NC(=O)c1cc(Nc2cccc(C)c2)ccn1. The molecule has 5 nitrogen and oxygen atoms in total. The van der Waals surface area contributed by atoms with Crippen LogP contribution in [0.2, 0.25) is 0 Å². The van der Waals surface area contributed by atoms with Gasteiger partial charge in [0.05, 0.1) is 12.8 Å². The molecule has 3 aromatic rings. The Kier molecular flexibility index (Phi) is 4.95. The van der Waals surface area contributed by atoms with Crippen LogP contribution in [-0.4, -0.2) is 18.0 Å². The number of para-hydroxylation sites is 2. The zero-order chi connectivity index (χ0) is 17.6. The normalized spacial score (nSPS) is 10.2. The van der Waals surface area contributed by atoms with Crippen LogP contribution in [0.5, 0.6) is 5.75 Å². The van der Waals surface area contributed by atoms with Gasteiger partial charge in [-0.15, -0.1) is 0 Å². The van der Waals surface area contributed by atoms with E-state index in [9.17, 15) is 4.79 Å². The lowest BCUT2D eigenvalue weighted by atomic mass is 10.2. The van der Waals surface area contributed by atoms with E-state index in [1.54, 1.807) is 31.5 Å². The molecule has 0 aliphatic carbocycles. The van der Waals surface area contributed by atoms with Crippen LogP contribution >= 0.6 is 0 Å². The molecule has 1 heterocycles. The van der Waals surface area contributed by atoms with Crippen molar-refractivity contribution in [1.82, 2.24) is 4.98 Å². The summed E-state index contributed by atoms with van der Waals surface area (Å²) in [6.07, 6.45) is 1.61. The Bertz CT molecular complexity index is 893. The zero-order valence-electron chi connectivity index (χ0n) is 14.1. The number of nitrogens with zero attached hydrogens (tertiary/aromatic N) is 1. The average Bonchev–Trinajstić information content (AvgIpc) is 2.62. The Morgan fingerprint density at radius 1 is 1.00 bits per heavy atom. The number of amides is 1. The monoisotopic (exact) mass is 333 g/mol. The fourth-order valence-corrected chi connectivity index (χ4v) is 2.46. The van der Waals surface area contributed by atoms with Crippen molar-refractivity contribution in [2.75, 3.05) is 17.7 Å². The number of carbonyl (C=O) groups excluding carboxylic acids is 1. The van der Waals surface area contributed by atoms with E-state index in [1.165, 1.54) is 0 Å². The molecular weight excluding hydrogens is 314 g/mol. The third-order valence-electron chi connectivity index (χ3n) is 3.65. The minimum absolute atomic E-state index is 0.294. The zero-order valence-corrected chi connectivity index (χ0v) is 14.1. The Hall–Kier alpha value is -3.34. The summed E-state index contributed by atoms with van der Waals surface area (Å²) in [5.74, 6) is 0.308. The maximum absolute atomic E-state index is 12.5. The average molecular weight is 333 g/mol. The molecule has 0 aliphatic heterocycles. The number of carbonyl (C=O) groups is 1. The molecule has 0 fully saturated rings. The van der Waals surface area contributed by atoms with Crippen molar-refractivity contribution in [3.63, 3.8) is 0 Å². The van der Waals surface area contributed by atoms with Crippen LogP contribution in [-0.2, 0) is 0 Å². The minimum atomic E-state index is -0.294. The highest BCUT2D eigenvalue weighted by atomic mass is 16.5. The van der Waals surface area contributed by atoms with Crippen molar-refractivity contribution >= 4 is 23.0 Å². The molecule has 1 aromatic heterocycles. The first-order chi connectivity index (χ1) is 12.2. The van der Waals surface area contributed by atoms with Crippen molar-refractivity contribution in [3.8, 4) is 5.75 Å². The van der Waals surface area contributed by atoms with Crippen molar-refractivity contribution in [2.45, 2.75) is 6.92 Å². The van der Waals surface area contributed by atoms with Crippen LogP contribution in [0.25, 0.3) is 0 Å². The van der Waals surface area contributed by atoms with Crippen molar-refractivity contribution in [2.24, 2.45) is 0 Å². The molecule has 126 valence electrons. The van der Waals surface area contributed by atoms with E-state index in [4.69, 9.17) is 4.74 Å². The first-order valence-electron chi connectivity index (χ1n) is 7.90. The standard InChI is InChI=1S/C20H19N3O2/c1-14-6-5-7-15(12-14)22-16-10-11-21-18(13-16)20(24)23-17-8-3-4-9-19(17)25-2/h3-13H,1-2H3,(H,21,22)(H,23,24). The molecule has 2 aromatic carbocycles. The molecule has 0 unspecified atom stereocenters. The van der Waals surface area contributed by atoms with Gasteiger partial charge in [-0.05, 0) is 48.9 Å². The summed E-state index contributed by atoms with van der Waals surface area (Å²) in [6, 6.07) is 18.8. The predicted molar refractivity (Wildman–Crippen MR) is 99.6 cm³/mol. The van der Waals surface area contributed by atoms with E-state index in [1.807, 2.05) is 49.4 Å². The van der Waals surface area contributed by atoms with Crippen LogP contribution in [0, 0.1) is 6.92 Å². The number of aryl methyl sites for hydroxylation is 1. The van der Waals surface area contributed by atoms with E-state index in [0.717, 1.165) is 16.9 Å². The second-order valence-corrected chi connectivity index (χ2v) is 5.58. The molecule has 1 amide bonds. The summed E-state index contributed by atoms with van der Waals surface area (Å²) < 4.78 is 5.25. The summed E-state index contributed by atoms with van der Waals surface area (Å²) >= 11 is 0. The van der Waals surface area contributed by atoms with Gasteiger partial charge in [0.25, 0.3) is 5.91 Å². The molecule has 0 saturated heterocycles. The van der Waals surface area contributed by atoms with Gasteiger partial charge in [0, 0.05) is 17.6 Å². The van der Waals surface area contributed by atoms with E-state index < -0.39 is 0 Å². The molecule has 2 N–H and O–H groups in total. The number of ether oxygens (including phenoxy) is 1. The number of benzene rings is 2. The van der Waals surface area contributed by atoms with Crippen LogP contribution in [0.1, 0.15) is 16.1 Å². The molecule has 0 saturated carbocycles. The van der Waals surface area contributed by atoms with Crippen molar-refractivity contribution in [3.05, 3.63) is 78.1 Å². The highest BCUT2D eigenvalue weighted by Crippen LogP contribution is 2.24. The van der Waals surface area contributed by atoms with Crippen LogP contribution in [0.4, 0.5) is 17.1 Å². The molecule has 5 heteroatoms. The summed E-state index contributed by atoms with van der Waals surface area (Å²) in [5.41, 5.74) is 3.85. The van der Waals surface area contributed by atoms with Gasteiger partial charge in [-0.3, -0.25) is 9.78 Å². The molecule has 0 atom stereocenters. The Morgan fingerprint density at radius 2 is 1.80 bits per heavy atom. The maximum atomic E-state index is 12.5. The van der Waals surface area contributed by atoms with E-state index in [-0.39, 0.29) is 5.91 Å². The summed E-state index contributed by atoms with van der Waals surface area (Å²) in [4.78, 5) is 16.6. The molecule has 0 aliphatic rings. The predicted octanol–water partition coefficient (Wildman–Crippen LogP) is 4.39. The summed E-state index contributed by atoms with van der Waals surface area (Å²) in [5, 5.41) is 6.11. The van der Waals surface area contributed by atoms with Gasteiger partial charge in [0.15, 0.2) is 0 Å². The van der Waals surface area contributed by atoms with Crippen molar-refractivity contribution in [1.29, 1.82) is 0 Å². The van der Waals surface area contributed by atoms with E-state index in [0.29, 0.717) is 17.1 Å². The summed E-state index contributed by atoms with van der Waals surface area (Å²) in [7, 11) is 1.57.